The van der Waals surface area contributed by atoms with Crippen LogP contribution in [0.4, 0.5) is 0 Å². The Morgan fingerprint density at radius 2 is 1.96 bits per heavy atom. The van der Waals surface area contributed by atoms with E-state index in [0.717, 1.165) is 28.2 Å². The number of rotatable bonds is 1. The zero-order valence-electron chi connectivity index (χ0n) is 13.0. The van der Waals surface area contributed by atoms with Crippen LogP contribution in [0.2, 0.25) is 5.02 Å². The first-order chi connectivity index (χ1) is 10.9. The van der Waals surface area contributed by atoms with Crippen LogP contribution in [-0.4, -0.2) is 29.4 Å². The van der Waals surface area contributed by atoms with Crippen LogP contribution in [0, 0.1) is 0 Å². The lowest BCUT2D eigenvalue weighted by Gasteiger charge is -2.11. The van der Waals surface area contributed by atoms with E-state index in [4.69, 9.17) is 11.6 Å². The van der Waals surface area contributed by atoms with Gasteiger partial charge in [-0.05, 0) is 18.2 Å². The Hall–Kier alpha value is -2.47. The standard InChI is InChI=1S/C16H15ClN6/c1-16(2,3)15-20-14-12-8-19-23(11-6-4-5-10(17)7-11)13(12)18-9-22(14)21-15/h4-9H,1-3H3. The van der Waals surface area contributed by atoms with Crippen LogP contribution >= 0.6 is 11.6 Å². The van der Waals surface area contributed by atoms with Crippen molar-refractivity contribution >= 4 is 28.3 Å². The molecule has 0 radical (unpaired) electrons. The lowest BCUT2D eigenvalue weighted by Crippen LogP contribution is -2.13. The molecule has 3 aromatic heterocycles. The molecule has 116 valence electrons. The van der Waals surface area contributed by atoms with Crippen LogP contribution in [0.5, 0.6) is 0 Å². The predicted molar refractivity (Wildman–Crippen MR) is 89.1 cm³/mol. The maximum Gasteiger partial charge on any atom is 0.170 e. The molecule has 0 aliphatic rings. The largest absolute Gasteiger partial charge is 0.216 e. The third kappa shape index (κ3) is 2.26. The molecular formula is C16H15ClN6. The SMILES string of the molecule is CC(C)(C)c1nc2c3cnn(-c4cccc(Cl)c4)c3ncn2n1. The zero-order valence-corrected chi connectivity index (χ0v) is 13.8. The summed E-state index contributed by atoms with van der Waals surface area (Å²) in [6.07, 6.45) is 3.43. The van der Waals surface area contributed by atoms with E-state index >= 15 is 0 Å². The van der Waals surface area contributed by atoms with Crippen molar-refractivity contribution in [2.45, 2.75) is 26.2 Å². The maximum atomic E-state index is 6.07. The lowest BCUT2D eigenvalue weighted by atomic mass is 9.96. The first-order valence-electron chi connectivity index (χ1n) is 7.29. The average Bonchev–Trinajstić information content (AvgIpc) is 3.10. The molecule has 0 unspecified atom stereocenters. The lowest BCUT2D eigenvalue weighted by molar-refractivity contribution is 0.545. The summed E-state index contributed by atoms with van der Waals surface area (Å²) < 4.78 is 3.46. The molecule has 0 saturated heterocycles. The minimum atomic E-state index is -0.124. The van der Waals surface area contributed by atoms with Gasteiger partial charge in [0.05, 0.1) is 17.3 Å². The van der Waals surface area contributed by atoms with E-state index < -0.39 is 0 Å². The summed E-state index contributed by atoms with van der Waals surface area (Å²) in [4.78, 5) is 9.16. The Labute approximate surface area is 137 Å². The molecule has 0 spiro atoms. The number of halogens is 1. The van der Waals surface area contributed by atoms with Gasteiger partial charge >= 0.3 is 0 Å². The highest BCUT2D eigenvalue weighted by molar-refractivity contribution is 6.30. The summed E-state index contributed by atoms with van der Waals surface area (Å²) in [5, 5.41) is 10.5. The normalized spacial score (nSPS) is 12.3. The van der Waals surface area contributed by atoms with Crippen LogP contribution in [0.25, 0.3) is 22.4 Å². The molecule has 0 atom stereocenters. The number of aromatic nitrogens is 6. The van der Waals surface area contributed by atoms with Gasteiger partial charge in [0, 0.05) is 10.4 Å². The molecule has 4 rings (SSSR count). The Morgan fingerprint density at radius 3 is 2.70 bits per heavy atom. The molecule has 4 aromatic rings. The van der Waals surface area contributed by atoms with E-state index in [2.05, 4.69) is 40.9 Å². The van der Waals surface area contributed by atoms with E-state index in [1.807, 2.05) is 24.3 Å². The summed E-state index contributed by atoms with van der Waals surface area (Å²) in [5.74, 6) is 0.780. The molecule has 0 aliphatic carbocycles. The van der Waals surface area contributed by atoms with Gasteiger partial charge in [0.15, 0.2) is 17.1 Å². The van der Waals surface area contributed by atoms with Gasteiger partial charge in [0.25, 0.3) is 0 Å². The van der Waals surface area contributed by atoms with Crippen molar-refractivity contribution in [3.63, 3.8) is 0 Å². The molecule has 1 aromatic carbocycles. The molecule has 23 heavy (non-hydrogen) atoms. The van der Waals surface area contributed by atoms with E-state index in [-0.39, 0.29) is 5.41 Å². The van der Waals surface area contributed by atoms with Crippen LogP contribution in [-0.2, 0) is 5.41 Å². The monoisotopic (exact) mass is 326 g/mol. The highest BCUT2D eigenvalue weighted by atomic mass is 35.5. The Balaban J connectivity index is 1.97. The van der Waals surface area contributed by atoms with Crippen molar-refractivity contribution < 1.29 is 0 Å². The highest BCUT2D eigenvalue weighted by Crippen LogP contribution is 2.24. The van der Waals surface area contributed by atoms with Gasteiger partial charge in [0.2, 0.25) is 0 Å². The zero-order chi connectivity index (χ0) is 16.2. The van der Waals surface area contributed by atoms with Crippen molar-refractivity contribution in [3.05, 3.63) is 47.6 Å². The summed E-state index contributed by atoms with van der Waals surface area (Å²) in [7, 11) is 0. The smallest absolute Gasteiger partial charge is 0.170 e. The molecule has 0 amide bonds. The molecule has 0 saturated carbocycles. The first-order valence-corrected chi connectivity index (χ1v) is 7.67. The number of benzene rings is 1. The van der Waals surface area contributed by atoms with Crippen LogP contribution in [0.3, 0.4) is 0 Å². The van der Waals surface area contributed by atoms with E-state index in [1.54, 1.807) is 21.7 Å². The number of nitrogens with zero attached hydrogens (tertiary/aromatic N) is 6. The number of hydrogen-bond donors (Lipinski definition) is 0. The van der Waals surface area contributed by atoms with Gasteiger partial charge in [-0.3, -0.25) is 0 Å². The van der Waals surface area contributed by atoms with Gasteiger partial charge in [-0.25, -0.2) is 19.2 Å². The van der Waals surface area contributed by atoms with Gasteiger partial charge in [-0.1, -0.05) is 38.4 Å². The molecule has 0 fully saturated rings. The molecule has 7 heteroatoms. The minimum absolute atomic E-state index is 0.124. The fourth-order valence-corrected chi connectivity index (χ4v) is 2.62. The van der Waals surface area contributed by atoms with E-state index in [1.165, 1.54) is 0 Å². The molecule has 6 nitrogen and oxygen atoms in total. The Bertz CT molecular complexity index is 1020. The summed E-state index contributed by atoms with van der Waals surface area (Å²) in [5.41, 5.74) is 2.22. The third-order valence-electron chi connectivity index (χ3n) is 3.63. The quantitative estimate of drug-likeness (QED) is 0.538. The molecule has 3 heterocycles. The highest BCUT2D eigenvalue weighted by Gasteiger charge is 2.21. The van der Waals surface area contributed by atoms with E-state index in [0.29, 0.717) is 5.02 Å². The van der Waals surface area contributed by atoms with Crippen molar-refractivity contribution in [3.8, 4) is 5.69 Å². The summed E-state index contributed by atoms with van der Waals surface area (Å²) in [6.45, 7) is 6.26. The number of fused-ring (bicyclic) bond motifs is 3. The van der Waals surface area contributed by atoms with Crippen molar-refractivity contribution in [2.24, 2.45) is 0 Å². The molecular weight excluding hydrogens is 312 g/mol. The molecule has 0 N–H and O–H groups in total. The van der Waals surface area contributed by atoms with E-state index in [9.17, 15) is 0 Å². The second-order valence-corrected chi connectivity index (χ2v) is 6.91. The molecule has 0 bridgehead atoms. The maximum absolute atomic E-state index is 6.07. The Morgan fingerprint density at radius 1 is 1.13 bits per heavy atom. The van der Waals surface area contributed by atoms with Crippen LogP contribution in [0.1, 0.15) is 26.6 Å². The van der Waals surface area contributed by atoms with Gasteiger partial charge < -0.3 is 0 Å². The van der Waals surface area contributed by atoms with Crippen LogP contribution < -0.4 is 0 Å². The number of hydrogen-bond acceptors (Lipinski definition) is 4. The van der Waals surface area contributed by atoms with Gasteiger partial charge in [-0.15, -0.1) is 5.10 Å². The van der Waals surface area contributed by atoms with Gasteiger partial charge in [0.1, 0.15) is 6.33 Å². The Kier molecular flexibility index (Phi) is 2.93. The van der Waals surface area contributed by atoms with Gasteiger partial charge in [-0.2, -0.15) is 5.10 Å². The topological polar surface area (TPSA) is 60.9 Å². The fourth-order valence-electron chi connectivity index (χ4n) is 2.44. The molecule has 0 aliphatic heterocycles. The average molecular weight is 327 g/mol. The summed E-state index contributed by atoms with van der Waals surface area (Å²) >= 11 is 6.07. The predicted octanol–water partition coefficient (Wildman–Crippen LogP) is 3.41. The van der Waals surface area contributed by atoms with Crippen molar-refractivity contribution in [2.75, 3.05) is 0 Å². The minimum Gasteiger partial charge on any atom is -0.216 e. The summed E-state index contributed by atoms with van der Waals surface area (Å²) in [6, 6.07) is 7.51. The second kappa shape index (κ2) is 4.76. The van der Waals surface area contributed by atoms with Crippen molar-refractivity contribution in [1.82, 2.24) is 29.4 Å². The second-order valence-electron chi connectivity index (χ2n) is 6.47. The van der Waals surface area contributed by atoms with Crippen molar-refractivity contribution in [1.29, 1.82) is 0 Å². The first kappa shape index (κ1) is 14.1. The van der Waals surface area contributed by atoms with Crippen LogP contribution in [0.15, 0.2) is 36.8 Å². The fraction of sp³-hybridized carbons (Fsp3) is 0.250. The third-order valence-corrected chi connectivity index (χ3v) is 3.86.